The van der Waals surface area contributed by atoms with Crippen molar-refractivity contribution in [3.63, 3.8) is 0 Å². The molecule has 0 amide bonds. The number of aryl methyl sites for hydroxylation is 1. The lowest BCUT2D eigenvalue weighted by Crippen LogP contribution is -2.17. The molecule has 3 nitrogen and oxygen atoms in total. The first-order chi connectivity index (χ1) is 6.61. The zero-order chi connectivity index (χ0) is 10.7. The van der Waals surface area contributed by atoms with Gasteiger partial charge in [-0.2, -0.15) is 0 Å². The van der Waals surface area contributed by atoms with Crippen LogP contribution in [0.2, 0.25) is 5.28 Å². The summed E-state index contributed by atoms with van der Waals surface area (Å²) < 4.78 is 2.01. The second-order valence-corrected chi connectivity index (χ2v) is 4.04. The molecule has 0 aromatic carbocycles. The molecular weight excluding hydrogens is 198 g/mol. The third-order valence-electron chi connectivity index (χ3n) is 2.96. The van der Waals surface area contributed by atoms with Crippen molar-refractivity contribution in [2.24, 2.45) is 5.92 Å². The fourth-order valence-corrected chi connectivity index (χ4v) is 2.30. The second kappa shape index (κ2) is 4.78. The molecule has 0 saturated carbocycles. The standard InChI is InChI=1S/C10H18ClN3/c1-5-9(6-2)7(3)14-8(4)12-13-10(14)11/h7,9H,5-6H2,1-4H3. The highest BCUT2D eigenvalue weighted by Crippen LogP contribution is 2.27. The van der Waals surface area contributed by atoms with Crippen molar-refractivity contribution in [2.45, 2.75) is 46.6 Å². The molecule has 0 radical (unpaired) electrons. The van der Waals surface area contributed by atoms with Crippen LogP contribution in [-0.4, -0.2) is 14.8 Å². The molecule has 1 aromatic heterocycles. The monoisotopic (exact) mass is 215 g/mol. The Morgan fingerprint density at radius 2 is 1.86 bits per heavy atom. The molecule has 1 aromatic rings. The van der Waals surface area contributed by atoms with Crippen LogP contribution in [0, 0.1) is 12.8 Å². The maximum absolute atomic E-state index is 5.99. The summed E-state index contributed by atoms with van der Waals surface area (Å²) in [7, 11) is 0. The smallest absolute Gasteiger partial charge is 0.225 e. The summed E-state index contributed by atoms with van der Waals surface area (Å²) in [5.74, 6) is 1.54. The van der Waals surface area contributed by atoms with Crippen molar-refractivity contribution in [3.05, 3.63) is 11.1 Å². The fraction of sp³-hybridized carbons (Fsp3) is 0.800. The van der Waals surface area contributed by atoms with Crippen LogP contribution >= 0.6 is 11.6 Å². The second-order valence-electron chi connectivity index (χ2n) is 3.70. The number of aromatic nitrogens is 3. The van der Waals surface area contributed by atoms with Crippen molar-refractivity contribution in [1.82, 2.24) is 14.8 Å². The minimum atomic E-state index is 0.382. The van der Waals surface area contributed by atoms with Gasteiger partial charge in [0.2, 0.25) is 5.28 Å². The Balaban J connectivity index is 2.92. The summed E-state index contributed by atoms with van der Waals surface area (Å²) >= 11 is 5.99. The Kier molecular flexibility index (Phi) is 3.93. The van der Waals surface area contributed by atoms with Gasteiger partial charge in [-0.3, -0.25) is 4.57 Å². The van der Waals surface area contributed by atoms with Crippen LogP contribution in [0.4, 0.5) is 0 Å². The molecule has 14 heavy (non-hydrogen) atoms. The molecule has 1 unspecified atom stereocenters. The normalized spacial score (nSPS) is 13.6. The molecule has 0 aliphatic heterocycles. The van der Waals surface area contributed by atoms with Gasteiger partial charge in [-0.1, -0.05) is 26.7 Å². The van der Waals surface area contributed by atoms with Crippen LogP contribution in [0.25, 0.3) is 0 Å². The Morgan fingerprint density at radius 3 is 2.21 bits per heavy atom. The average Bonchev–Trinajstić information content (AvgIpc) is 2.48. The van der Waals surface area contributed by atoms with E-state index in [1.165, 1.54) is 0 Å². The highest BCUT2D eigenvalue weighted by molar-refractivity contribution is 6.28. The van der Waals surface area contributed by atoms with Crippen molar-refractivity contribution >= 4 is 11.6 Å². The van der Waals surface area contributed by atoms with Gasteiger partial charge in [-0.05, 0) is 31.4 Å². The molecule has 1 atom stereocenters. The van der Waals surface area contributed by atoms with Crippen LogP contribution < -0.4 is 0 Å². The summed E-state index contributed by atoms with van der Waals surface area (Å²) in [6, 6.07) is 0.382. The lowest BCUT2D eigenvalue weighted by molar-refractivity contribution is 0.328. The number of hydrogen-bond donors (Lipinski definition) is 0. The van der Waals surface area contributed by atoms with Gasteiger partial charge < -0.3 is 0 Å². The van der Waals surface area contributed by atoms with Crippen LogP contribution in [0.1, 0.15) is 45.5 Å². The van der Waals surface area contributed by atoms with Gasteiger partial charge in [0.15, 0.2) is 0 Å². The SMILES string of the molecule is CCC(CC)C(C)n1c(C)nnc1Cl. The number of nitrogens with zero attached hydrogens (tertiary/aromatic N) is 3. The predicted molar refractivity (Wildman–Crippen MR) is 58.6 cm³/mol. The maximum atomic E-state index is 5.99. The molecule has 0 aliphatic rings. The first kappa shape index (κ1) is 11.5. The molecule has 4 heteroatoms. The zero-order valence-corrected chi connectivity index (χ0v) is 10.0. The average molecular weight is 216 g/mol. The topological polar surface area (TPSA) is 30.7 Å². The van der Waals surface area contributed by atoms with E-state index in [-0.39, 0.29) is 0 Å². The number of hydrogen-bond acceptors (Lipinski definition) is 2. The Bertz CT molecular complexity index is 272. The minimum Gasteiger partial charge on any atom is -0.299 e. The molecule has 1 heterocycles. The van der Waals surface area contributed by atoms with Crippen LogP contribution in [-0.2, 0) is 0 Å². The third-order valence-corrected chi connectivity index (χ3v) is 3.22. The highest BCUT2D eigenvalue weighted by atomic mass is 35.5. The van der Waals surface area contributed by atoms with E-state index in [1.807, 2.05) is 11.5 Å². The van der Waals surface area contributed by atoms with Crippen LogP contribution in [0.3, 0.4) is 0 Å². The van der Waals surface area contributed by atoms with Crippen molar-refractivity contribution in [1.29, 1.82) is 0 Å². The van der Waals surface area contributed by atoms with Gasteiger partial charge >= 0.3 is 0 Å². The van der Waals surface area contributed by atoms with E-state index in [0.717, 1.165) is 18.7 Å². The lowest BCUT2D eigenvalue weighted by Gasteiger charge is -2.23. The van der Waals surface area contributed by atoms with Crippen LogP contribution in [0.15, 0.2) is 0 Å². The Labute approximate surface area is 90.5 Å². The molecule has 0 saturated heterocycles. The number of rotatable bonds is 4. The molecule has 0 spiro atoms. The lowest BCUT2D eigenvalue weighted by atomic mass is 9.95. The highest BCUT2D eigenvalue weighted by Gasteiger charge is 2.19. The third kappa shape index (κ3) is 2.08. The number of halogens is 1. The molecule has 0 bridgehead atoms. The van der Waals surface area contributed by atoms with Gasteiger partial charge in [0.1, 0.15) is 5.82 Å². The van der Waals surface area contributed by atoms with Gasteiger partial charge in [0, 0.05) is 6.04 Å². The van der Waals surface area contributed by atoms with Crippen molar-refractivity contribution in [3.8, 4) is 0 Å². The van der Waals surface area contributed by atoms with Crippen molar-refractivity contribution < 1.29 is 0 Å². The van der Waals surface area contributed by atoms with Crippen molar-refractivity contribution in [2.75, 3.05) is 0 Å². The molecule has 80 valence electrons. The minimum absolute atomic E-state index is 0.382. The van der Waals surface area contributed by atoms with Gasteiger partial charge in [0.05, 0.1) is 0 Å². The van der Waals surface area contributed by atoms with Crippen LogP contribution in [0.5, 0.6) is 0 Å². The maximum Gasteiger partial charge on any atom is 0.225 e. The molecule has 0 N–H and O–H groups in total. The first-order valence-electron chi connectivity index (χ1n) is 5.18. The predicted octanol–water partition coefficient (Wildman–Crippen LogP) is 3.24. The van der Waals surface area contributed by atoms with E-state index in [1.54, 1.807) is 0 Å². The molecule has 1 rings (SSSR count). The van der Waals surface area contributed by atoms with E-state index >= 15 is 0 Å². The van der Waals surface area contributed by atoms with Gasteiger partial charge in [-0.25, -0.2) is 0 Å². The quantitative estimate of drug-likeness (QED) is 0.772. The van der Waals surface area contributed by atoms with E-state index in [9.17, 15) is 0 Å². The van der Waals surface area contributed by atoms with E-state index in [4.69, 9.17) is 11.6 Å². The summed E-state index contributed by atoms with van der Waals surface area (Å²) in [5.41, 5.74) is 0. The van der Waals surface area contributed by atoms with E-state index in [0.29, 0.717) is 17.2 Å². The zero-order valence-electron chi connectivity index (χ0n) is 9.29. The molecule has 0 aliphatic carbocycles. The van der Waals surface area contributed by atoms with Gasteiger partial charge in [-0.15, -0.1) is 10.2 Å². The first-order valence-corrected chi connectivity index (χ1v) is 5.56. The van der Waals surface area contributed by atoms with E-state index in [2.05, 4.69) is 31.0 Å². The fourth-order valence-electron chi connectivity index (χ4n) is 1.99. The summed E-state index contributed by atoms with van der Waals surface area (Å²) in [6.07, 6.45) is 2.32. The molecular formula is C10H18ClN3. The van der Waals surface area contributed by atoms with Gasteiger partial charge in [0.25, 0.3) is 0 Å². The summed E-state index contributed by atoms with van der Waals surface area (Å²) in [6.45, 7) is 8.54. The summed E-state index contributed by atoms with van der Waals surface area (Å²) in [4.78, 5) is 0. The Morgan fingerprint density at radius 1 is 1.29 bits per heavy atom. The largest absolute Gasteiger partial charge is 0.299 e. The van der Waals surface area contributed by atoms with E-state index < -0.39 is 0 Å². The summed E-state index contributed by atoms with van der Waals surface area (Å²) in [5, 5.41) is 8.34. The molecule has 0 fully saturated rings. The Hall–Kier alpha value is -0.570.